The molecular formula is C36H64ClN5O10S. The number of esters is 1. The summed E-state index contributed by atoms with van der Waals surface area (Å²) in [6.45, 7) is 14.3. The van der Waals surface area contributed by atoms with E-state index in [0.717, 1.165) is 38.5 Å². The summed E-state index contributed by atoms with van der Waals surface area (Å²) in [6.07, 6.45) is 5.54. The third kappa shape index (κ3) is 18.8. The second-order valence-electron chi connectivity index (χ2n) is 16.0. The van der Waals surface area contributed by atoms with Gasteiger partial charge in [-0.3, -0.25) is 14.4 Å². The predicted molar refractivity (Wildman–Crippen MR) is 202 cm³/mol. The summed E-state index contributed by atoms with van der Waals surface area (Å²) in [4.78, 5) is 67.3. The molecule has 0 radical (unpaired) electrons. The zero-order chi connectivity index (χ0) is 39.8. The van der Waals surface area contributed by atoms with Crippen molar-refractivity contribution in [3.05, 3.63) is 0 Å². The Labute approximate surface area is 321 Å². The van der Waals surface area contributed by atoms with Gasteiger partial charge in [0.15, 0.2) is 0 Å². The number of rotatable bonds is 18. The van der Waals surface area contributed by atoms with Crippen LogP contribution in [0.15, 0.2) is 0 Å². The van der Waals surface area contributed by atoms with Crippen LogP contribution in [0.5, 0.6) is 0 Å². The van der Waals surface area contributed by atoms with Crippen molar-refractivity contribution in [2.45, 2.75) is 123 Å². The first kappa shape index (κ1) is 46.3. The van der Waals surface area contributed by atoms with Gasteiger partial charge in [0.2, 0.25) is 21.8 Å². The van der Waals surface area contributed by atoms with Crippen LogP contribution in [0, 0.1) is 17.8 Å². The molecule has 2 aliphatic rings. The summed E-state index contributed by atoms with van der Waals surface area (Å²) in [7, 11) is -3.86. The molecule has 0 aliphatic carbocycles. The number of likely N-dealkylation sites (tertiary alicyclic amines) is 2. The van der Waals surface area contributed by atoms with Crippen LogP contribution >= 0.6 is 11.6 Å². The fraction of sp³-hybridized carbons (Fsp3) is 0.861. The summed E-state index contributed by atoms with van der Waals surface area (Å²) in [6, 6.07) is -1.34. The number of carbonyl (C=O) groups excluding carboxylic acids is 5. The fourth-order valence-corrected chi connectivity index (χ4v) is 7.82. The topological polar surface area (TPSA) is 190 Å². The molecule has 1 atom stereocenters. The van der Waals surface area contributed by atoms with Crippen molar-refractivity contribution in [1.29, 1.82) is 0 Å². The van der Waals surface area contributed by atoms with Gasteiger partial charge >= 0.3 is 18.2 Å². The van der Waals surface area contributed by atoms with Crippen LogP contribution in [0.25, 0.3) is 0 Å². The normalized spacial score (nSPS) is 16.9. The van der Waals surface area contributed by atoms with E-state index in [-0.39, 0.29) is 61.8 Å². The molecule has 0 saturated carbocycles. The van der Waals surface area contributed by atoms with Gasteiger partial charge in [-0.2, -0.15) is 4.72 Å². The van der Waals surface area contributed by atoms with E-state index in [2.05, 4.69) is 15.4 Å². The van der Waals surface area contributed by atoms with Crippen molar-refractivity contribution in [1.82, 2.24) is 25.2 Å². The minimum Gasteiger partial charge on any atom is -0.465 e. The number of piperidine rings is 2. The minimum atomic E-state index is -3.86. The van der Waals surface area contributed by atoms with Gasteiger partial charge in [0.1, 0.15) is 17.2 Å². The Kier molecular flexibility index (Phi) is 19.1. The summed E-state index contributed by atoms with van der Waals surface area (Å²) < 4.78 is 43.1. The van der Waals surface area contributed by atoms with Crippen LogP contribution in [-0.2, 0) is 38.6 Å². The van der Waals surface area contributed by atoms with Crippen molar-refractivity contribution in [3.63, 3.8) is 0 Å². The van der Waals surface area contributed by atoms with E-state index >= 15 is 0 Å². The SMILES string of the molecule is CCOC(=O)[C@H](CNC(=O)CNC(=O)C(CCC1CCN(C(=O)OC(C)(C)C)CC1)CCC1CCN(C(=O)OC(C)(C)C)CC1)NS(=O)(=O)CCCCl. The monoisotopic (exact) mass is 793 g/mol. The van der Waals surface area contributed by atoms with Crippen molar-refractivity contribution in [2.75, 3.05) is 57.5 Å². The van der Waals surface area contributed by atoms with Crippen molar-refractivity contribution < 1.29 is 46.6 Å². The largest absolute Gasteiger partial charge is 0.465 e. The molecule has 0 aromatic rings. The summed E-state index contributed by atoms with van der Waals surface area (Å²) in [5.74, 6) is -1.55. The molecule has 0 bridgehead atoms. The highest BCUT2D eigenvalue weighted by molar-refractivity contribution is 7.89. The van der Waals surface area contributed by atoms with Gasteiger partial charge in [0.05, 0.1) is 18.9 Å². The van der Waals surface area contributed by atoms with Gasteiger partial charge < -0.3 is 34.6 Å². The lowest BCUT2D eigenvalue weighted by Gasteiger charge is -2.34. The maximum atomic E-state index is 13.6. The van der Waals surface area contributed by atoms with Crippen LogP contribution < -0.4 is 15.4 Å². The Morgan fingerprint density at radius 1 is 0.792 bits per heavy atom. The van der Waals surface area contributed by atoms with E-state index < -0.39 is 39.1 Å². The summed E-state index contributed by atoms with van der Waals surface area (Å²) >= 11 is 5.62. The molecule has 2 saturated heterocycles. The Hall–Kier alpha value is -2.85. The lowest BCUT2D eigenvalue weighted by molar-refractivity contribution is -0.145. The number of alkyl halides is 1. The van der Waals surface area contributed by atoms with Crippen LogP contribution in [0.2, 0.25) is 0 Å². The number of nitrogens with zero attached hydrogens (tertiary/aromatic N) is 2. The van der Waals surface area contributed by atoms with E-state index in [4.69, 9.17) is 25.8 Å². The van der Waals surface area contributed by atoms with Gasteiger partial charge in [-0.25, -0.2) is 18.0 Å². The lowest BCUT2D eigenvalue weighted by atomic mass is 9.84. The second kappa shape index (κ2) is 21.9. The quantitative estimate of drug-likeness (QED) is 0.103. The molecule has 2 heterocycles. The average Bonchev–Trinajstić information content (AvgIpc) is 3.07. The molecular weight excluding hydrogens is 730 g/mol. The third-order valence-electron chi connectivity index (χ3n) is 9.12. The van der Waals surface area contributed by atoms with Crippen molar-refractivity contribution in [2.24, 2.45) is 17.8 Å². The minimum absolute atomic E-state index is 0.0237. The van der Waals surface area contributed by atoms with Crippen molar-refractivity contribution >= 4 is 51.6 Å². The maximum absolute atomic E-state index is 13.6. The first-order valence-electron chi connectivity index (χ1n) is 18.9. The van der Waals surface area contributed by atoms with E-state index in [1.165, 1.54) is 0 Å². The molecule has 2 rings (SSSR count). The van der Waals surface area contributed by atoms with Gasteiger partial charge in [-0.1, -0.05) is 0 Å². The van der Waals surface area contributed by atoms with Crippen LogP contribution in [0.1, 0.15) is 106 Å². The molecule has 53 heavy (non-hydrogen) atoms. The number of halogens is 1. The molecule has 0 aromatic heterocycles. The standard InChI is InChI=1S/C36H64ClN5O10S/c1-8-50-32(45)29(40-53(48,49)23-9-18-37)24-38-30(43)25-39-31(44)28(12-10-26-14-19-41(20-15-26)33(46)51-35(2,3)4)13-11-27-16-21-42(22-17-27)34(47)52-36(5,6)7/h26-29,40H,8-25H2,1-7H3,(H,38,43)(H,39,44)/t29-/m0/s1. The molecule has 0 unspecified atom stereocenters. The van der Waals surface area contributed by atoms with Gasteiger partial charge in [-0.15, -0.1) is 11.6 Å². The highest BCUT2D eigenvalue weighted by Crippen LogP contribution is 2.30. The number of hydrogen-bond donors (Lipinski definition) is 3. The van der Waals surface area contributed by atoms with E-state index in [1.807, 2.05) is 41.5 Å². The Morgan fingerprint density at radius 3 is 1.68 bits per heavy atom. The zero-order valence-electron chi connectivity index (χ0n) is 32.8. The second-order valence-corrected chi connectivity index (χ2v) is 18.2. The molecule has 0 spiro atoms. The fourth-order valence-electron chi connectivity index (χ4n) is 6.27. The Bertz CT molecular complexity index is 1250. The van der Waals surface area contributed by atoms with Crippen LogP contribution in [-0.4, -0.2) is 123 Å². The molecule has 4 amide bonds. The smallest absolute Gasteiger partial charge is 0.410 e. The molecule has 0 aromatic carbocycles. The van der Waals surface area contributed by atoms with Crippen molar-refractivity contribution in [3.8, 4) is 0 Å². The number of nitrogens with one attached hydrogen (secondary N) is 3. The molecule has 2 aliphatic heterocycles. The summed E-state index contributed by atoms with van der Waals surface area (Å²) in [5.41, 5.74) is -1.13. The number of carbonyl (C=O) groups is 5. The number of ether oxygens (including phenoxy) is 3. The van der Waals surface area contributed by atoms with Crippen LogP contribution in [0.4, 0.5) is 9.59 Å². The van der Waals surface area contributed by atoms with Crippen LogP contribution in [0.3, 0.4) is 0 Å². The van der Waals surface area contributed by atoms with E-state index in [1.54, 1.807) is 16.7 Å². The first-order valence-corrected chi connectivity index (χ1v) is 21.1. The molecule has 306 valence electrons. The lowest BCUT2D eigenvalue weighted by Crippen LogP contribution is -2.51. The number of sulfonamides is 1. The molecule has 2 fully saturated rings. The Balaban J connectivity index is 1.98. The van der Waals surface area contributed by atoms with Gasteiger partial charge in [-0.05, 0) is 118 Å². The first-order chi connectivity index (χ1) is 24.7. The third-order valence-corrected chi connectivity index (χ3v) is 10.9. The van der Waals surface area contributed by atoms with E-state index in [9.17, 15) is 32.4 Å². The number of amides is 4. The highest BCUT2D eigenvalue weighted by atomic mass is 35.5. The van der Waals surface area contributed by atoms with E-state index in [0.29, 0.717) is 50.9 Å². The highest BCUT2D eigenvalue weighted by Gasteiger charge is 2.31. The van der Waals surface area contributed by atoms with Gasteiger partial charge in [0, 0.05) is 44.5 Å². The average molecular weight is 794 g/mol. The maximum Gasteiger partial charge on any atom is 0.410 e. The molecule has 15 nitrogen and oxygen atoms in total. The Morgan fingerprint density at radius 2 is 1.26 bits per heavy atom. The number of hydrogen-bond acceptors (Lipinski definition) is 10. The zero-order valence-corrected chi connectivity index (χ0v) is 34.4. The molecule has 3 N–H and O–H groups in total. The predicted octanol–water partition coefficient (Wildman–Crippen LogP) is 4.17. The van der Waals surface area contributed by atoms with Gasteiger partial charge in [0.25, 0.3) is 0 Å². The molecule has 17 heteroatoms. The summed E-state index contributed by atoms with van der Waals surface area (Å²) in [5, 5.41) is 5.26.